The molecule has 2 aromatic carbocycles. The molecule has 7 heteroatoms. The number of H-pyrrole nitrogens is 1. The van der Waals surface area contributed by atoms with Gasteiger partial charge in [-0.1, -0.05) is 24.3 Å². The first-order valence-corrected chi connectivity index (χ1v) is 11.3. The molecule has 0 aliphatic carbocycles. The van der Waals surface area contributed by atoms with E-state index in [0.717, 1.165) is 16.9 Å². The van der Waals surface area contributed by atoms with Gasteiger partial charge in [-0.2, -0.15) is 0 Å². The first-order chi connectivity index (χ1) is 16.1. The number of aryl methyl sites for hydroxylation is 1. The quantitative estimate of drug-likeness (QED) is 0.603. The van der Waals surface area contributed by atoms with Gasteiger partial charge in [-0.05, 0) is 42.3 Å². The molecular weight excluding hydrogens is 418 g/mol. The Bertz CT molecular complexity index is 1220. The summed E-state index contributed by atoms with van der Waals surface area (Å²) in [6.07, 6.45) is 2.79. The molecule has 5 heterocycles. The standard InChI is InChI=1S/C26H25N3O4/c30-23-10-9-17-4-1-5-18(12-17)33-22-8-2-6-19-20-13-29(25(31)21-7-3-11-27-21)15-26(20,14-28-23)16-32-24(19)22/h1-8,11-12,20,27H,9-10,13-16H2,(H,28,30)/t20-,26+/m1/s1. The zero-order valence-electron chi connectivity index (χ0n) is 18.2. The molecule has 4 aliphatic rings. The van der Waals surface area contributed by atoms with Gasteiger partial charge in [0, 0.05) is 49.1 Å². The van der Waals surface area contributed by atoms with E-state index in [2.05, 4.69) is 10.3 Å². The topological polar surface area (TPSA) is 83.7 Å². The van der Waals surface area contributed by atoms with Gasteiger partial charge in [0.25, 0.3) is 5.91 Å². The number of rotatable bonds is 1. The van der Waals surface area contributed by atoms with Crippen LogP contribution in [0.1, 0.15) is 34.0 Å². The predicted molar refractivity (Wildman–Crippen MR) is 122 cm³/mol. The van der Waals surface area contributed by atoms with Gasteiger partial charge in [-0.3, -0.25) is 9.59 Å². The summed E-state index contributed by atoms with van der Waals surface area (Å²) in [5.41, 5.74) is 2.23. The van der Waals surface area contributed by atoms with Crippen LogP contribution in [0.15, 0.2) is 60.8 Å². The van der Waals surface area contributed by atoms with Crippen LogP contribution in [0.25, 0.3) is 0 Å². The van der Waals surface area contributed by atoms with Gasteiger partial charge in [-0.25, -0.2) is 0 Å². The van der Waals surface area contributed by atoms with E-state index >= 15 is 0 Å². The van der Waals surface area contributed by atoms with Gasteiger partial charge in [0.15, 0.2) is 11.5 Å². The number of ether oxygens (including phenoxy) is 2. The van der Waals surface area contributed by atoms with Gasteiger partial charge < -0.3 is 24.7 Å². The summed E-state index contributed by atoms with van der Waals surface area (Å²) in [6, 6.07) is 17.4. The molecule has 6 bridgehead atoms. The van der Waals surface area contributed by atoms with Crippen LogP contribution >= 0.6 is 0 Å². The van der Waals surface area contributed by atoms with Crippen LogP contribution in [0.4, 0.5) is 0 Å². The van der Waals surface area contributed by atoms with Gasteiger partial charge >= 0.3 is 0 Å². The first-order valence-electron chi connectivity index (χ1n) is 11.3. The number of fused-ring (bicyclic) bond motifs is 5. The molecule has 2 atom stereocenters. The lowest BCUT2D eigenvalue weighted by molar-refractivity contribution is -0.121. The van der Waals surface area contributed by atoms with E-state index in [-0.39, 0.29) is 17.7 Å². The molecule has 168 valence electrons. The highest BCUT2D eigenvalue weighted by atomic mass is 16.5. The number of likely N-dealkylation sites (tertiary alicyclic amines) is 1. The Morgan fingerprint density at radius 1 is 1.09 bits per heavy atom. The minimum absolute atomic E-state index is 0.000183. The Labute approximate surface area is 191 Å². The summed E-state index contributed by atoms with van der Waals surface area (Å²) in [7, 11) is 0. The third-order valence-corrected chi connectivity index (χ3v) is 7.06. The second kappa shape index (κ2) is 7.69. The molecule has 1 fully saturated rings. The average molecular weight is 444 g/mol. The van der Waals surface area contributed by atoms with Gasteiger partial charge in [0.1, 0.15) is 11.4 Å². The Balaban J connectivity index is 1.42. The van der Waals surface area contributed by atoms with E-state index < -0.39 is 5.41 Å². The molecule has 33 heavy (non-hydrogen) atoms. The zero-order chi connectivity index (χ0) is 22.4. The number of aromatic amines is 1. The van der Waals surface area contributed by atoms with Crippen molar-refractivity contribution < 1.29 is 19.1 Å². The summed E-state index contributed by atoms with van der Waals surface area (Å²) in [5.74, 6) is 2.10. The molecule has 1 aromatic heterocycles. The van der Waals surface area contributed by atoms with Crippen molar-refractivity contribution in [2.75, 3.05) is 26.2 Å². The summed E-state index contributed by atoms with van der Waals surface area (Å²) < 4.78 is 12.6. The normalized spacial score (nSPS) is 23.7. The molecule has 0 unspecified atom stereocenters. The van der Waals surface area contributed by atoms with Crippen LogP contribution in [-0.4, -0.2) is 47.9 Å². The molecule has 1 spiro atoms. The van der Waals surface area contributed by atoms with Crippen molar-refractivity contribution >= 4 is 11.8 Å². The Morgan fingerprint density at radius 2 is 2.00 bits per heavy atom. The summed E-state index contributed by atoms with van der Waals surface area (Å²) in [4.78, 5) is 30.8. The minimum Gasteiger partial charge on any atom is -0.489 e. The van der Waals surface area contributed by atoms with E-state index in [1.807, 2.05) is 53.4 Å². The molecule has 7 rings (SSSR count). The van der Waals surface area contributed by atoms with Crippen LogP contribution in [0.2, 0.25) is 0 Å². The minimum atomic E-state index is -0.401. The van der Waals surface area contributed by atoms with Gasteiger partial charge in [0.2, 0.25) is 5.91 Å². The third-order valence-electron chi connectivity index (χ3n) is 7.06. The maximum atomic E-state index is 13.2. The van der Waals surface area contributed by atoms with Crippen molar-refractivity contribution in [1.29, 1.82) is 0 Å². The van der Waals surface area contributed by atoms with Crippen LogP contribution < -0.4 is 14.8 Å². The van der Waals surface area contributed by atoms with Crippen molar-refractivity contribution in [2.24, 2.45) is 5.41 Å². The Hall–Kier alpha value is -3.74. The average Bonchev–Trinajstić information content (AvgIpc) is 3.50. The van der Waals surface area contributed by atoms with E-state index in [4.69, 9.17) is 9.47 Å². The first kappa shape index (κ1) is 19.9. The largest absolute Gasteiger partial charge is 0.489 e. The maximum absolute atomic E-state index is 13.2. The van der Waals surface area contributed by atoms with Crippen molar-refractivity contribution in [3.63, 3.8) is 0 Å². The number of amides is 2. The molecule has 2 amide bonds. The lowest BCUT2D eigenvalue weighted by Crippen LogP contribution is -2.48. The van der Waals surface area contributed by atoms with Crippen molar-refractivity contribution in [1.82, 2.24) is 15.2 Å². The van der Waals surface area contributed by atoms with Crippen molar-refractivity contribution in [3.8, 4) is 17.2 Å². The van der Waals surface area contributed by atoms with Crippen molar-refractivity contribution in [3.05, 3.63) is 77.6 Å². The number of para-hydroxylation sites is 1. The number of carbonyl (C=O) groups is 2. The highest BCUT2D eigenvalue weighted by Crippen LogP contribution is 2.52. The van der Waals surface area contributed by atoms with Crippen LogP contribution in [-0.2, 0) is 11.2 Å². The molecule has 0 radical (unpaired) electrons. The highest BCUT2D eigenvalue weighted by molar-refractivity contribution is 5.92. The van der Waals surface area contributed by atoms with Gasteiger partial charge in [0.05, 0.1) is 6.61 Å². The fraction of sp³-hybridized carbons (Fsp3) is 0.308. The molecule has 7 nitrogen and oxygen atoms in total. The second-order valence-electron chi connectivity index (χ2n) is 9.17. The van der Waals surface area contributed by atoms with E-state index in [0.29, 0.717) is 56.3 Å². The van der Waals surface area contributed by atoms with Crippen molar-refractivity contribution in [2.45, 2.75) is 18.8 Å². The summed E-state index contributed by atoms with van der Waals surface area (Å²) >= 11 is 0. The molecule has 1 saturated heterocycles. The number of carbonyl (C=O) groups excluding carboxylic acids is 2. The number of benzene rings is 2. The molecule has 4 aliphatic heterocycles. The summed E-state index contributed by atoms with van der Waals surface area (Å²) in [6.45, 7) is 1.93. The van der Waals surface area contributed by atoms with Crippen LogP contribution in [0.3, 0.4) is 0 Å². The smallest absolute Gasteiger partial charge is 0.270 e. The van der Waals surface area contributed by atoms with Crippen LogP contribution in [0, 0.1) is 5.41 Å². The fourth-order valence-electron chi connectivity index (χ4n) is 5.33. The third kappa shape index (κ3) is 3.44. The van der Waals surface area contributed by atoms with Crippen LogP contribution in [0.5, 0.6) is 17.2 Å². The fourth-order valence-corrected chi connectivity index (χ4v) is 5.33. The van der Waals surface area contributed by atoms with E-state index in [9.17, 15) is 9.59 Å². The lowest BCUT2D eigenvalue weighted by Gasteiger charge is -2.39. The molecule has 3 aromatic rings. The monoisotopic (exact) mass is 443 g/mol. The lowest BCUT2D eigenvalue weighted by atomic mass is 9.73. The zero-order valence-corrected chi connectivity index (χ0v) is 18.2. The SMILES string of the molecule is O=C1CCc2cccc(c2)Oc2cccc3c2OC[C@]2(CN1)CN(C(=O)c1ccc[nH]1)C[C@H]32. The molecular formula is C26H25N3O4. The highest BCUT2D eigenvalue weighted by Gasteiger charge is 2.53. The maximum Gasteiger partial charge on any atom is 0.270 e. The molecule has 2 N–H and O–H groups in total. The Kier molecular flexibility index (Phi) is 4.64. The number of nitrogens with zero attached hydrogens (tertiary/aromatic N) is 1. The number of nitrogens with one attached hydrogen (secondary N) is 2. The number of hydrogen-bond donors (Lipinski definition) is 2. The number of hydrogen-bond acceptors (Lipinski definition) is 4. The van der Waals surface area contributed by atoms with E-state index in [1.54, 1.807) is 12.3 Å². The summed E-state index contributed by atoms with van der Waals surface area (Å²) in [5, 5.41) is 3.14. The Morgan fingerprint density at radius 3 is 2.88 bits per heavy atom. The predicted octanol–water partition coefficient (Wildman–Crippen LogP) is 3.49. The van der Waals surface area contributed by atoms with E-state index in [1.165, 1.54) is 0 Å². The second-order valence-corrected chi connectivity index (χ2v) is 9.17. The number of aromatic nitrogens is 1. The van der Waals surface area contributed by atoms with Gasteiger partial charge in [-0.15, -0.1) is 0 Å². The molecule has 0 saturated carbocycles.